The Kier molecular flexibility index (Phi) is 2.62. The predicted molar refractivity (Wildman–Crippen MR) is 60.8 cm³/mol. The summed E-state index contributed by atoms with van der Waals surface area (Å²) in [6, 6.07) is 0. The number of aromatic nitrogens is 1. The van der Waals surface area contributed by atoms with Gasteiger partial charge in [-0.2, -0.15) is 0 Å². The number of nitrogens with two attached hydrogens (primary N) is 1. The van der Waals surface area contributed by atoms with Crippen LogP contribution < -0.4 is 5.73 Å². The molecule has 1 heterocycles. The largest absolute Gasteiger partial charge is 0.329 e. The highest BCUT2D eigenvalue weighted by molar-refractivity contribution is 7.11. The maximum absolute atomic E-state index is 5.80. The Morgan fingerprint density at radius 1 is 1.50 bits per heavy atom. The molecule has 2 nitrogen and oxygen atoms in total. The molecule has 3 heteroatoms. The summed E-state index contributed by atoms with van der Waals surface area (Å²) in [7, 11) is 0. The topological polar surface area (TPSA) is 38.9 Å². The molecule has 14 heavy (non-hydrogen) atoms. The molecule has 0 amide bonds. The van der Waals surface area contributed by atoms with Gasteiger partial charge in [0, 0.05) is 16.8 Å². The fraction of sp³-hybridized carbons (Fsp3) is 0.727. The van der Waals surface area contributed by atoms with Gasteiger partial charge in [-0.25, -0.2) is 4.98 Å². The molecule has 78 valence electrons. The molecular formula is C11H18N2S. The first kappa shape index (κ1) is 10.1. The highest BCUT2D eigenvalue weighted by Gasteiger charge is 2.45. The summed E-state index contributed by atoms with van der Waals surface area (Å²) in [5, 5.41) is 1.29. The van der Waals surface area contributed by atoms with Crippen molar-refractivity contribution in [1.29, 1.82) is 0 Å². The van der Waals surface area contributed by atoms with Gasteiger partial charge in [0.1, 0.15) is 5.01 Å². The summed E-state index contributed by atoms with van der Waals surface area (Å²) in [4.78, 5) is 6.13. The van der Waals surface area contributed by atoms with Crippen molar-refractivity contribution in [3.63, 3.8) is 0 Å². The van der Waals surface area contributed by atoms with Crippen LogP contribution in [0.15, 0.2) is 0 Å². The van der Waals surface area contributed by atoms with E-state index >= 15 is 0 Å². The van der Waals surface area contributed by atoms with E-state index in [0.29, 0.717) is 0 Å². The molecule has 0 atom stereocenters. The minimum absolute atomic E-state index is 0.279. The van der Waals surface area contributed by atoms with Crippen LogP contribution in [-0.4, -0.2) is 11.5 Å². The average Bonchev–Trinajstić information content (AvgIpc) is 2.89. The number of rotatable bonds is 4. The van der Waals surface area contributed by atoms with Crippen LogP contribution in [0.5, 0.6) is 0 Å². The molecule has 0 aliphatic heterocycles. The van der Waals surface area contributed by atoms with E-state index in [-0.39, 0.29) is 5.41 Å². The first-order valence-electron chi connectivity index (χ1n) is 5.39. The fourth-order valence-electron chi connectivity index (χ4n) is 1.78. The van der Waals surface area contributed by atoms with Gasteiger partial charge in [0.15, 0.2) is 0 Å². The van der Waals surface area contributed by atoms with Crippen molar-refractivity contribution in [2.75, 3.05) is 6.54 Å². The minimum atomic E-state index is 0.279. The molecule has 1 aliphatic rings. The molecule has 0 aromatic carbocycles. The fourth-order valence-corrected chi connectivity index (χ4v) is 3.00. The highest BCUT2D eigenvalue weighted by atomic mass is 32.1. The molecule has 0 radical (unpaired) electrons. The second-order valence-electron chi connectivity index (χ2n) is 4.26. The zero-order valence-electron chi connectivity index (χ0n) is 8.97. The molecule has 2 N–H and O–H groups in total. The normalized spacial score (nSPS) is 18.5. The van der Waals surface area contributed by atoms with Crippen LogP contribution in [0.2, 0.25) is 0 Å². The first-order valence-corrected chi connectivity index (χ1v) is 6.20. The Morgan fingerprint density at radius 2 is 2.21 bits per heavy atom. The van der Waals surface area contributed by atoms with Crippen molar-refractivity contribution in [2.24, 2.45) is 5.73 Å². The van der Waals surface area contributed by atoms with Crippen LogP contribution in [0.4, 0.5) is 0 Å². The number of thiazole rings is 1. The third-order valence-electron chi connectivity index (χ3n) is 3.08. The van der Waals surface area contributed by atoms with Gasteiger partial charge in [0.05, 0.1) is 5.69 Å². The number of hydrogen-bond acceptors (Lipinski definition) is 3. The van der Waals surface area contributed by atoms with Gasteiger partial charge < -0.3 is 5.73 Å². The van der Waals surface area contributed by atoms with Crippen molar-refractivity contribution < 1.29 is 0 Å². The summed E-state index contributed by atoms with van der Waals surface area (Å²) < 4.78 is 0. The minimum Gasteiger partial charge on any atom is -0.329 e. The zero-order valence-corrected chi connectivity index (χ0v) is 9.78. The Bertz CT molecular complexity index is 326. The lowest BCUT2D eigenvalue weighted by atomic mass is 10.1. The molecule has 1 fully saturated rings. The number of nitrogens with zero attached hydrogens (tertiary/aromatic N) is 1. The van der Waals surface area contributed by atoms with Gasteiger partial charge in [-0.15, -0.1) is 11.3 Å². The predicted octanol–water partition coefficient (Wildman–Crippen LogP) is 2.39. The Labute approximate surface area is 89.5 Å². The highest BCUT2D eigenvalue weighted by Crippen LogP contribution is 2.48. The molecule has 1 saturated carbocycles. The molecule has 0 spiro atoms. The van der Waals surface area contributed by atoms with Crippen LogP contribution in [0.1, 0.15) is 41.8 Å². The van der Waals surface area contributed by atoms with Crippen LogP contribution in [-0.2, 0) is 11.8 Å². The summed E-state index contributed by atoms with van der Waals surface area (Å²) in [6.45, 7) is 5.15. The third kappa shape index (κ3) is 1.59. The van der Waals surface area contributed by atoms with Crippen molar-refractivity contribution >= 4 is 11.3 Å². The van der Waals surface area contributed by atoms with Crippen molar-refractivity contribution in [2.45, 2.75) is 44.9 Å². The van der Waals surface area contributed by atoms with E-state index in [1.165, 1.54) is 34.8 Å². The molecule has 0 unspecified atom stereocenters. The monoisotopic (exact) mass is 210 g/mol. The van der Waals surface area contributed by atoms with Crippen LogP contribution in [0.3, 0.4) is 0 Å². The van der Waals surface area contributed by atoms with Crippen molar-refractivity contribution in [3.05, 3.63) is 15.6 Å². The van der Waals surface area contributed by atoms with Gasteiger partial charge in [-0.05, 0) is 26.2 Å². The van der Waals surface area contributed by atoms with E-state index in [2.05, 4.69) is 13.8 Å². The number of aryl methyl sites for hydroxylation is 2. The van der Waals surface area contributed by atoms with Crippen molar-refractivity contribution in [1.82, 2.24) is 4.98 Å². The second kappa shape index (κ2) is 3.63. The van der Waals surface area contributed by atoms with E-state index in [1.807, 2.05) is 11.3 Å². The lowest BCUT2D eigenvalue weighted by Crippen LogP contribution is -2.19. The quantitative estimate of drug-likeness (QED) is 0.828. The van der Waals surface area contributed by atoms with Crippen LogP contribution >= 0.6 is 11.3 Å². The lowest BCUT2D eigenvalue weighted by molar-refractivity contribution is 0.691. The molecule has 0 bridgehead atoms. The number of hydrogen-bond donors (Lipinski definition) is 1. The summed E-state index contributed by atoms with van der Waals surface area (Å²) in [6.07, 6.45) is 4.77. The lowest BCUT2D eigenvalue weighted by Gasteiger charge is -2.06. The van der Waals surface area contributed by atoms with Gasteiger partial charge in [-0.3, -0.25) is 0 Å². The van der Waals surface area contributed by atoms with E-state index in [0.717, 1.165) is 13.0 Å². The van der Waals surface area contributed by atoms with Crippen LogP contribution in [0.25, 0.3) is 0 Å². The summed E-state index contributed by atoms with van der Waals surface area (Å²) >= 11 is 1.86. The maximum Gasteiger partial charge on any atom is 0.101 e. The molecule has 1 aromatic heterocycles. The van der Waals surface area contributed by atoms with Crippen molar-refractivity contribution in [3.8, 4) is 0 Å². The average molecular weight is 210 g/mol. The van der Waals surface area contributed by atoms with Crippen LogP contribution in [0, 0.1) is 6.92 Å². The zero-order chi connectivity index (χ0) is 10.2. The Balaban J connectivity index is 2.24. The van der Waals surface area contributed by atoms with E-state index in [1.54, 1.807) is 0 Å². The van der Waals surface area contributed by atoms with E-state index < -0.39 is 0 Å². The maximum atomic E-state index is 5.80. The van der Waals surface area contributed by atoms with Gasteiger partial charge in [0.25, 0.3) is 0 Å². The smallest absolute Gasteiger partial charge is 0.101 e. The molecular weight excluding hydrogens is 192 g/mol. The van der Waals surface area contributed by atoms with Gasteiger partial charge >= 0.3 is 0 Å². The summed E-state index contributed by atoms with van der Waals surface area (Å²) in [5.74, 6) is 0. The Hall–Kier alpha value is -0.410. The van der Waals surface area contributed by atoms with Gasteiger partial charge in [-0.1, -0.05) is 13.3 Å². The standard InChI is InChI=1S/C11H18N2S/c1-3-4-9-8(2)14-10(13-9)11(7-12)5-6-11/h3-7,12H2,1-2H3. The van der Waals surface area contributed by atoms with Gasteiger partial charge in [0.2, 0.25) is 0 Å². The SMILES string of the molecule is CCCc1nc(C2(CN)CC2)sc1C. The van der Waals surface area contributed by atoms with E-state index in [9.17, 15) is 0 Å². The van der Waals surface area contributed by atoms with E-state index in [4.69, 9.17) is 10.7 Å². The summed E-state index contributed by atoms with van der Waals surface area (Å²) in [5.41, 5.74) is 7.38. The molecule has 1 aromatic rings. The second-order valence-corrected chi connectivity index (χ2v) is 5.46. The molecule has 2 rings (SSSR count). The Morgan fingerprint density at radius 3 is 2.71 bits per heavy atom. The molecule has 0 saturated heterocycles. The first-order chi connectivity index (χ1) is 6.72. The molecule has 1 aliphatic carbocycles. The third-order valence-corrected chi connectivity index (χ3v) is 4.34.